The molecule has 0 saturated carbocycles. The van der Waals surface area contributed by atoms with Crippen molar-refractivity contribution in [2.75, 3.05) is 5.32 Å². The number of anilines is 1. The second-order valence-electron chi connectivity index (χ2n) is 4.26. The lowest BCUT2D eigenvalue weighted by Crippen LogP contribution is -2.25. The number of benzene rings is 1. The summed E-state index contributed by atoms with van der Waals surface area (Å²) >= 11 is 0. The summed E-state index contributed by atoms with van der Waals surface area (Å²) in [6, 6.07) is 7.84. The minimum absolute atomic E-state index is 0.0798. The third-order valence-corrected chi connectivity index (χ3v) is 2.81. The van der Waals surface area contributed by atoms with Gasteiger partial charge in [0.1, 0.15) is 5.82 Å². The van der Waals surface area contributed by atoms with E-state index in [9.17, 15) is 13.9 Å². The predicted molar refractivity (Wildman–Crippen MR) is 68.6 cm³/mol. The summed E-state index contributed by atoms with van der Waals surface area (Å²) < 4.78 is 26.2. The molecule has 100 valence electrons. The van der Waals surface area contributed by atoms with Crippen molar-refractivity contribution in [3.63, 3.8) is 0 Å². The number of aliphatic hydroxyl groups is 1. The lowest BCUT2D eigenvalue weighted by molar-refractivity contribution is 0.160. The lowest BCUT2D eigenvalue weighted by Gasteiger charge is -2.21. The van der Waals surface area contributed by atoms with Gasteiger partial charge in [-0.3, -0.25) is 0 Å². The minimum Gasteiger partial charge on any atom is -0.386 e. The maximum absolute atomic E-state index is 13.4. The molecule has 2 rings (SSSR count). The third kappa shape index (κ3) is 3.26. The molecular weight excluding hydrogens is 250 g/mol. The predicted octanol–water partition coefficient (Wildman–Crippen LogP) is 2.89. The largest absolute Gasteiger partial charge is 0.386 e. The fourth-order valence-electron chi connectivity index (χ4n) is 1.74. The molecule has 2 aromatic rings. The first kappa shape index (κ1) is 13.4. The van der Waals surface area contributed by atoms with Crippen molar-refractivity contribution in [3.05, 3.63) is 59.8 Å². The molecule has 0 aliphatic rings. The van der Waals surface area contributed by atoms with E-state index in [0.29, 0.717) is 5.56 Å². The number of aromatic nitrogens is 1. The molecule has 0 unspecified atom stereocenters. The molecule has 0 aliphatic carbocycles. The number of nitrogens with zero attached hydrogens (tertiary/aromatic N) is 1. The molecule has 0 fully saturated rings. The van der Waals surface area contributed by atoms with Gasteiger partial charge in [-0.2, -0.15) is 0 Å². The van der Waals surface area contributed by atoms with Gasteiger partial charge in [0.15, 0.2) is 11.6 Å². The average molecular weight is 264 g/mol. The molecule has 0 spiro atoms. The molecular formula is C14H14F2N2O. The Hall–Kier alpha value is -2.01. The van der Waals surface area contributed by atoms with Crippen molar-refractivity contribution in [1.82, 2.24) is 4.98 Å². The zero-order chi connectivity index (χ0) is 13.8. The van der Waals surface area contributed by atoms with Gasteiger partial charge < -0.3 is 10.4 Å². The van der Waals surface area contributed by atoms with Crippen LogP contribution < -0.4 is 5.32 Å². The first-order valence-electron chi connectivity index (χ1n) is 5.88. The molecule has 0 saturated heterocycles. The first-order chi connectivity index (χ1) is 9.08. The molecule has 2 atom stereocenters. The Bertz CT molecular complexity index is 545. The summed E-state index contributed by atoms with van der Waals surface area (Å²) in [6.07, 6.45) is 0.574. The number of hydrogen-bond acceptors (Lipinski definition) is 3. The molecule has 1 heterocycles. The van der Waals surface area contributed by atoms with Gasteiger partial charge in [-0.25, -0.2) is 13.8 Å². The van der Waals surface area contributed by atoms with Gasteiger partial charge in [-0.05, 0) is 36.8 Å². The average Bonchev–Trinajstić information content (AvgIpc) is 2.41. The molecule has 0 bridgehead atoms. The maximum Gasteiger partial charge on any atom is 0.165 e. The van der Waals surface area contributed by atoms with Crippen LogP contribution in [-0.4, -0.2) is 16.1 Å². The molecule has 19 heavy (non-hydrogen) atoms. The van der Waals surface area contributed by atoms with Crippen LogP contribution in [0.15, 0.2) is 42.6 Å². The van der Waals surface area contributed by atoms with E-state index in [0.717, 1.165) is 0 Å². The molecule has 1 aromatic carbocycles. The molecule has 0 radical (unpaired) electrons. The number of aliphatic hydroxyl groups excluding tert-OH is 1. The Morgan fingerprint density at radius 2 is 1.84 bits per heavy atom. The fraction of sp³-hybridized carbons (Fsp3) is 0.214. The Morgan fingerprint density at radius 3 is 2.47 bits per heavy atom. The number of hydrogen-bond donors (Lipinski definition) is 2. The van der Waals surface area contributed by atoms with E-state index >= 15 is 0 Å². The Balaban J connectivity index is 2.09. The monoisotopic (exact) mass is 264 g/mol. The van der Waals surface area contributed by atoms with Crippen molar-refractivity contribution in [1.29, 1.82) is 0 Å². The molecule has 1 aromatic heterocycles. The zero-order valence-electron chi connectivity index (χ0n) is 10.3. The van der Waals surface area contributed by atoms with Gasteiger partial charge in [-0.15, -0.1) is 0 Å². The number of halogens is 2. The van der Waals surface area contributed by atoms with E-state index in [1.54, 1.807) is 6.92 Å². The second kappa shape index (κ2) is 5.75. The van der Waals surface area contributed by atoms with Crippen LogP contribution in [-0.2, 0) is 0 Å². The van der Waals surface area contributed by atoms with Crippen LogP contribution in [0.2, 0.25) is 0 Å². The molecule has 5 heteroatoms. The number of nitrogens with one attached hydrogen (secondary N) is 1. The fourth-order valence-corrected chi connectivity index (χ4v) is 1.74. The van der Waals surface area contributed by atoms with E-state index < -0.39 is 18.0 Å². The Kier molecular flexibility index (Phi) is 4.06. The van der Waals surface area contributed by atoms with E-state index in [1.807, 2.05) is 0 Å². The van der Waals surface area contributed by atoms with Gasteiger partial charge in [0.2, 0.25) is 0 Å². The molecule has 3 nitrogen and oxygen atoms in total. The summed E-state index contributed by atoms with van der Waals surface area (Å²) in [6.45, 7) is 1.70. The molecule has 0 aliphatic heterocycles. The highest BCUT2D eigenvalue weighted by Crippen LogP contribution is 2.20. The summed E-state index contributed by atoms with van der Waals surface area (Å²) in [5.41, 5.74) is 0.553. The van der Waals surface area contributed by atoms with Crippen molar-refractivity contribution in [2.24, 2.45) is 0 Å². The normalized spacial score (nSPS) is 13.9. The molecule has 2 N–H and O–H groups in total. The van der Waals surface area contributed by atoms with Crippen LogP contribution >= 0.6 is 0 Å². The van der Waals surface area contributed by atoms with Crippen LogP contribution in [0, 0.1) is 11.6 Å². The van der Waals surface area contributed by atoms with Crippen LogP contribution in [0.5, 0.6) is 0 Å². The lowest BCUT2D eigenvalue weighted by atomic mass is 10.0. The highest BCUT2D eigenvalue weighted by atomic mass is 19.1. The van der Waals surface area contributed by atoms with Crippen LogP contribution in [0.3, 0.4) is 0 Å². The minimum atomic E-state index is -0.887. The SMILES string of the molecule is C[C@@H](Nc1ncccc1F)[C@H](O)c1ccc(F)cc1. The van der Waals surface area contributed by atoms with E-state index in [-0.39, 0.29) is 11.6 Å². The van der Waals surface area contributed by atoms with Gasteiger partial charge in [-0.1, -0.05) is 12.1 Å². The molecule has 0 amide bonds. The Morgan fingerprint density at radius 1 is 1.16 bits per heavy atom. The van der Waals surface area contributed by atoms with Crippen LogP contribution in [0.25, 0.3) is 0 Å². The van der Waals surface area contributed by atoms with Crippen molar-refractivity contribution in [2.45, 2.75) is 19.1 Å². The highest BCUT2D eigenvalue weighted by Gasteiger charge is 2.17. The second-order valence-corrected chi connectivity index (χ2v) is 4.26. The zero-order valence-corrected chi connectivity index (χ0v) is 10.3. The smallest absolute Gasteiger partial charge is 0.165 e. The van der Waals surface area contributed by atoms with Crippen molar-refractivity contribution in [3.8, 4) is 0 Å². The Labute approximate surface area is 109 Å². The third-order valence-electron chi connectivity index (χ3n) is 2.81. The van der Waals surface area contributed by atoms with Crippen LogP contribution in [0.4, 0.5) is 14.6 Å². The van der Waals surface area contributed by atoms with Gasteiger partial charge in [0.05, 0.1) is 12.1 Å². The van der Waals surface area contributed by atoms with Crippen LogP contribution in [0.1, 0.15) is 18.6 Å². The van der Waals surface area contributed by atoms with E-state index in [2.05, 4.69) is 10.3 Å². The van der Waals surface area contributed by atoms with Gasteiger partial charge >= 0.3 is 0 Å². The quantitative estimate of drug-likeness (QED) is 0.892. The maximum atomic E-state index is 13.4. The van der Waals surface area contributed by atoms with E-state index in [4.69, 9.17) is 0 Å². The highest BCUT2D eigenvalue weighted by molar-refractivity contribution is 5.37. The van der Waals surface area contributed by atoms with Crippen molar-refractivity contribution < 1.29 is 13.9 Å². The number of pyridine rings is 1. The summed E-state index contributed by atoms with van der Waals surface area (Å²) in [5, 5.41) is 12.9. The number of rotatable bonds is 4. The van der Waals surface area contributed by atoms with E-state index in [1.165, 1.54) is 42.6 Å². The summed E-state index contributed by atoms with van der Waals surface area (Å²) in [7, 11) is 0. The first-order valence-corrected chi connectivity index (χ1v) is 5.88. The standard InChI is InChI=1S/C14H14F2N2O/c1-9(18-14-12(16)3-2-8-17-14)13(19)10-4-6-11(15)7-5-10/h2-9,13,19H,1H3,(H,17,18)/t9-,13+/m1/s1. The van der Waals surface area contributed by atoms with Crippen molar-refractivity contribution >= 4 is 5.82 Å². The van der Waals surface area contributed by atoms with Gasteiger partial charge in [0.25, 0.3) is 0 Å². The summed E-state index contributed by atoms with van der Waals surface area (Å²) in [5.74, 6) is -0.774. The topological polar surface area (TPSA) is 45.2 Å². The van der Waals surface area contributed by atoms with Gasteiger partial charge in [0, 0.05) is 6.20 Å². The summed E-state index contributed by atoms with van der Waals surface area (Å²) in [4.78, 5) is 3.85.